The number of anilines is 1. The molecule has 20 heteroatoms. The third-order valence-corrected chi connectivity index (χ3v) is 9.87. The lowest BCUT2D eigenvalue weighted by molar-refractivity contribution is -0.388. The van der Waals surface area contributed by atoms with Gasteiger partial charge in [-0.2, -0.15) is 13.2 Å². The topological polar surface area (TPSA) is 201 Å². The van der Waals surface area contributed by atoms with Crippen LogP contribution in [0.1, 0.15) is 67.4 Å². The van der Waals surface area contributed by atoms with Crippen molar-refractivity contribution in [2.24, 2.45) is 0 Å². The van der Waals surface area contributed by atoms with Crippen molar-refractivity contribution >= 4 is 58.5 Å². The molecule has 2 unspecified atom stereocenters. The van der Waals surface area contributed by atoms with E-state index in [1.807, 2.05) is 37.3 Å². The Bertz CT molecular complexity index is 1930. The zero-order valence-electron chi connectivity index (χ0n) is 32.5. The van der Waals surface area contributed by atoms with Gasteiger partial charge in [0.1, 0.15) is 34.2 Å². The summed E-state index contributed by atoms with van der Waals surface area (Å²) >= 11 is 11.2. The maximum Gasteiger partial charge on any atom is 0.423 e. The van der Waals surface area contributed by atoms with E-state index in [-0.39, 0.29) is 31.0 Å². The van der Waals surface area contributed by atoms with E-state index in [2.05, 4.69) is 16.9 Å². The van der Waals surface area contributed by atoms with E-state index >= 15 is 0 Å². The second kappa shape index (κ2) is 20.2. The number of nitro groups is 1. The van der Waals surface area contributed by atoms with Crippen LogP contribution in [0.15, 0.2) is 54.1 Å². The predicted molar refractivity (Wildman–Crippen MR) is 207 cm³/mol. The Kier molecular flexibility index (Phi) is 16.5. The van der Waals surface area contributed by atoms with Crippen LogP contribution in [-0.4, -0.2) is 102 Å². The normalized spacial score (nSPS) is 24.0. The number of likely N-dealkylation sites (N-methyl/N-ethyl adjacent to an activating group) is 1. The molecule has 15 nitrogen and oxygen atoms in total. The quantitative estimate of drug-likeness (QED) is 0.122. The number of nitro benzene ring substituents is 1. The number of hydrogen-bond donors (Lipinski definition) is 3. The number of halogens is 5. The number of fused-ring (bicyclic) bond motifs is 5. The van der Waals surface area contributed by atoms with Crippen molar-refractivity contribution in [1.29, 1.82) is 0 Å². The number of aliphatic hydroxyl groups is 1. The Balaban J connectivity index is 0.000000326. The molecule has 0 radical (unpaired) electrons. The van der Waals surface area contributed by atoms with Crippen molar-refractivity contribution in [3.8, 4) is 5.75 Å². The smallest absolute Gasteiger partial charge is 0.423 e. The molecule has 5 rings (SSSR count). The van der Waals surface area contributed by atoms with Crippen molar-refractivity contribution in [3.63, 3.8) is 0 Å². The summed E-state index contributed by atoms with van der Waals surface area (Å²) in [6.45, 7) is 3.17. The molecule has 0 aromatic heterocycles. The van der Waals surface area contributed by atoms with Crippen LogP contribution < -0.4 is 15.0 Å². The highest BCUT2D eigenvalue weighted by molar-refractivity contribution is 6.35. The number of ether oxygens (including phenoxy) is 3. The lowest BCUT2D eigenvalue weighted by Crippen LogP contribution is -2.56. The van der Waals surface area contributed by atoms with E-state index < -0.39 is 63.8 Å². The molecule has 3 N–H and O–H groups in total. The van der Waals surface area contributed by atoms with Gasteiger partial charge in [0.2, 0.25) is 5.91 Å². The minimum Gasteiger partial charge on any atom is -0.495 e. The Hall–Kier alpha value is -4.91. The van der Waals surface area contributed by atoms with Crippen molar-refractivity contribution in [2.75, 3.05) is 32.5 Å². The highest BCUT2D eigenvalue weighted by Crippen LogP contribution is 2.39. The van der Waals surface area contributed by atoms with Gasteiger partial charge in [-0.25, -0.2) is 9.59 Å². The van der Waals surface area contributed by atoms with E-state index in [4.69, 9.17) is 30.9 Å². The number of alkyl carbamates (subject to hydrolysis) is 1. The van der Waals surface area contributed by atoms with Gasteiger partial charge >= 0.3 is 18.2 Å². The van der Waals surface area contributed by atoms with E-state index in [1.165, 1.54) is 13.3 Å². The van der Waals surface area contributed by atoms with Gasteiger partial charge in [0, 0.05) is 57.8 Å². The Labute approximate surface area is 342 Å². The first-order chi connectivity index (χ1) is 27.1. The Morgan fingerprint density at radius 3 is 2.47 bits per heavy atom. The molecule has 4 bridgehead atoms. The lowest BCUT2D eigenvalue weighted by atomic mass is 9.96. The molecule has 0 spiro atoms. The fourth-order valence-electron chi connectivity index (χ4n) is 6.18. The van der Waals surface area contributed by atoms with Crippen LogP contribution in [0.5, 0.6) is 5.75 Å². The van der Waals surface area contributed by atoms with E-state index in [1.54, 1.807) is 19.1 Å². The standard InChI is InChI=1S/C25H31ClN2O6.C12H11F3N2O5.CH3Cl/c1-15-6-4-5-9-25(31)14-17(33-24(30)27-25)13-20-19(34-20)7-8-22(29)28(2)18-11-16(10-15)12-21(32-3)23(18)26;1-6(11(19)20)16(2)10(18)7-3-4-9(17(21)22)8(5-7)12(13,14)15;1-2/h4-6,11-12,17,19-20,31H,7-10,13-14H2,1-3H3,(H,27,30);3-6H,1-2H3,(H,19,20);1H3/b5-4+,15-6+;;/t17?,19?,20-,25+;6-;/m00./s1. The lowest BCUT2D eigenvalue weighted by Gasteiger charge is -2.36. The average Bonchev–Trinajstić information content (AvgIpc) is 3.91. The molecule has 3 heterocycles. The van der Waals surface area contributed by atoms with Crippen LogP contribution in [0.25, 0.3) is 0 Å². The molecule has 3 aliphatic heterocycles. The van der Waals surface area contributed by atoms with Crippen molar-refractivity contribution in [1.82, 2.24) is 10.2 Å². The number of methoxy groups -OCH3 is 1. The number of amides is 3. The van der Waals surface area contributed by atoms with E-state index in [0.29, 0.717) is 54.3 Å². The van der Waals surface area contributed by atoms with Crippen LogP contribution in [0, 0.1) is 10.1 Å². The summed E-state index contributed by atoms with van der Waals surface area (Å²) in [6.07, 6.45) is 3.31. The number of benzene rings is 2. The third kappa shape index (κ3) is 12.5. The summed E-state index contributed by atoms with van der Waals surface area (Å²) in [6, 6.07) is 4.27. The van der Waals surface area contributed by atoms with E-state index in [9.17, 15) is 47.6 Å². The summed E-state index contributed by atoms with van der Waals surface area (Å²) in [5, 5.41) is 33.2. The molecular formula is C38H45Cl2F3N4O11. The minimum absolute atomic E-state index is 0.0777. The van der Waals surface area contributed by atoms with Gasteiger partial charge in [0.25, 0.3) is 11.6 Å². The van der Waals surface area contributed by atoms with Crippen LogP contribution >= 0.6 is 23.2 Å². The summed E-state index contributed by atoms with van der Waals surface area (Å²) < 4.78 is 55.0. The number of nitrogens with one attached hydrogen (secondary N) is 1. The van der Waals surface area contributed by atoms with Gasteiger partial charge in [0.05, 0.1) is 29.9 Å². The number of carbonyl (C=O) groups excluding carboxylic acids is 3. The van der Waals surface area contributed by atoms with Crippen molar-refractivity contribution < 1.29 is 61.7 Å². The van der Waals surface area contributed by atoms with Gasteiger partial charge in [-0.15, -0.1) is 11.6 Å². The predicted octanol–water partition coefficient (Wildman–Crippen LogP) is 6.90. The number of epoxide rings is 1. The summed E-state index contributed by atoms with van der Waals surface area (Å²) in [4.78, 5) is 59.4. The molecule has 3 aliphatic rings. The largest absolute Gasteiger partial charge is 0.495 e. The summed E-state index contributed by atoms with van der Waals surface area (Å²) in [7, 11) is 4.37. The van der Waals surface area contributed by atoms with Gasteiger partial charge in [-0.3, -0.25) is 25.0 Å². The zero-order chi connectivity index (χ0) is 43.7. The molecule has 0 aliphatic carbocycles. The maximum atomic E-state index is 12.9. The highest BCUT2D eigenvalue weighted by atomic mass is 35.5. The first-order valence-corrected chi connectivity index (χ1v) is 18.8. The van der Waals surface area contributed by atoms with Crippen LogP contribution in [0.2, 0.25) is 5.02 Å². The molecule has 3 amide bonds. The Morgan fingerprint density at radius 2 is 1.86 bits per heavy atom. The van der Waals surface area contributed by atoms with Gasteiger partial charge in [-0.05, 0) is 56.5 Å². The van der Waals surface area contributed by atoms with Crippen molar-refractivity contribution in [3.05, 3.63) is 86.0 Å². The maximum absolute atomic E-state index is 12.9. The second-order valence-electron chi connectivity index (χ2n) is 13.7. The minimum atomic E-state index is -5.02. The molecule has 58 heavy (non-hydrogen) atoms. The monoisotopic (exact) mass is 860 g/mol. The van der Waals surface area contributed by atoms with Crippen LogP contribution in [0.3, 0.4) is 0 Å². The summed E-state index contributed by atoms with van der Waals surface area (Å²) in [5.74, 6) is -1.89. The molecule has 0 saturated carbocycles. The fourth-order valence-corrected chi connectivity index (χ4v) is 6.50. The number of hydrogen-bond acceptors (Lipinski definition) is 10. The first-order valence-electron chi connectivity index (χ1n) is 17.7. The molecule has 2 saturated heterocycles. The summed E-state index contributed by atoms with van der Waals surface area (Å²) in [5.41, 5.74) is -1.99. The highest BCUT2D eigenvalue weighted by Gasteiger charge is 2.46. The first kappa shape index (κ1) is 47.5. The third-order valence-electron chi connectivity index (χ3n) is 9.49. The average molecular weight is 862 g/mol. The number of aliphatic carboxylic acids is 1. The van der Waals surface area contributed by atoms with Gasteiger partial charge in [0.15, 0.2) is 0 Å². The molecule has 2 aromatic rings. The molecule has 5 atom stereocenters. The zero-order valence-corrected chi connectivity index (χ0v) is 34.0. The van der Waals surface area contributed by atoms with Crippen LogP contribution in [0.4, 0.5) is 29.3 Å². The van der Waals surface area contributed by atoms with Gasteiger partial charge in [-0.1, -0.05) is 35.4 Å². The second-order valence-corrected chi connectivity index (χ2v) is 14.1. The number of allylic oxidation sites excluding steroid dienone is 3. The number of carboxylic acids is 1. The molecular weight excluding hydrogens is 816 g/mol. The Morgan fingerprint density at radius 1 is 1.19 bits per heavy atom. The molecule has 2 fully saturated rings. The van der Waals surface area contributed by atoms with E-state index in [0.717, 1.165) is 29.2 Å². The number of carboxylic acid groups (broad SMARTS) is 1. The number of nitrogens with zero attached hydrogens (tertiary/aromatic N) is 3. The van der Waals surface area contributed by atoms with Crippen molar-refractivity contribution in [2.45, 2.75) is 88.6 Å². The molecule has 2 aromatic carbocycles. The molecule has 318 valence electrons. The fraction of sp³-hybridized carbons (Fsp3) is 0.474. The van der Waals surface area contributed by atoms with Crippen LogP contribution in [-0.2, 0) is 31.7 Å². The number of alkyl halides is 4. The number of rotatable bonds is 5. The van der Waals surface area contributed by atoms with Gasteiger partial charge < -0.3 is 34.2 Å². The SMILES string of the molecule is CCl.COc1cc2cc(c1Cl)N(C)C(=O)CCC1O[C@H]1CC1C[C@](O)(C/C=C/C=C(\C)C2)NC(=O)O1.C[C@@H](C(=O)O)N(C)C(=O)c1ccc([N+](=O)[O-])c(C(F)(F)F)c1. The number of carbonyl (C=O) groups is 4.